The van der Waals surface area contributed by atoms with Crippen LogP contribution < -0.4 is 15.8 Å². The normalized spacial score (nSPS) is 18.4. The van der Waals surface area contributed by atoms with Crippen molar-refractivity contribution in [1.29, 1.82) is 0 Å². The third kappa shape index (κ3) is 2.68. The maximum atomic E-state index is 14.8. The van der Waals surface area contributed by atoms with Crippen molar-refractivity contribution in [2.24, 2.45) is 5.73 Å². The summed E-state index contributed by atoms with van der Waals surface area (Å²) in [5, 5.41) is 15.0. The summed E-state index contributed by atoms with van der Waals surface area (Å²) in [7, 11) is 1.71. The van der Waals surface area contributed by atoms with E-state index in [9.17, 15) is 9.50 Å². The Morgan fingerprint density at radius 3 is 2.76 bits per heavy atom. The number of hydrogen-bond acceptors (Lipinski definition) is 8. The second kappa shape index (κ2) is 6.33. The molecule has 0 radical (unpaired) electrons. The molecule has 0 spiro atoms. The van der Waals surface area contributed by atoms with E-state index in [1.807, 2.05) is 0 Å². The van der Waals surface area contributed by atoms with Gasteiger partial charge in [0.15, 0.2) is 5.75 Å². The molecule has 29 heavy (non-hydrogen) atoms. The molecule has 0 saturated heterocycles. The van der Waals surface area contributed by atoms with Gasteiger partial charge in [-0.2, -0.15) is 9.97 Å². The molecule has 0 unspecified atom stereocenters. The molecule has 0 amide bonds. The molecule has 1 aliphatic rings. The summed E-state index contributed by atoms with van der Waals surface area (Å²) in [5.74, 6) is 0.565. The van der Waals surface area contributed by atoms with Gasteiger partial charge in [-0.3, -0.25) is 0 Å². The van der Waals surface area contributed by atoms with Gasteiger partial charge in [0.25, 0.3) is 0 Å². The van der Waals surface area contributed by atoms with Crippen LogP contribution in [0.4, 0.5) is 10.1 Å². The van der Waals surface area contributed by atoms with Gasteiger partial charge in [-0.15, -0.1) is 0 Å². The molecule has 4 aromatic rings. The van der Waals surface area contributed by atoms with Crippen LogP contribution in [0.5, 0.6) is 11.8 Å². The van der Waals surface area contributed by atoms with Crippen molar-refractivity contribution in [2.45, 2.75) is 25.5 Å². The molecule has 0 aliphatic heterocycles. The highest BCUT2D eigenvalue weighted by molar-refractivity contribution is 6.13. The van der Waals surface area contributed by atoms with Gasteiger partial charge in [0, 0.05) is 18.5 Å². The van der Waals surface area contributed by atoms with Crippen LogP contribution in [0.3, 0.4) is 0 Å². The minimum atomic E-state index is -1.11. The highest BCUT2D eigenvalue weighted by Gasteiger charge is 2.32. The van der Waals surface area contributed by atoms with Crippen LogP contribution in [0.25, 0.3) is 21.9 Å². The second-order valence-corrected chi connectivity index (χ2v) is 7.01. The first-order chi connectivity index (χ1) is 14.0. The zero-order chi connectivity index (χ0) is 20.3. The largest absolute Gasteiger partial charge is 0.421 e. The highest BCUT2D eigenvalue weighted by Crippen LogP contribution is 2.41. The highest BCUT2D eigenvalue weighted by atomic mass is 19.1. The van der Waals surface area contributed by atoms with Gasteiger partial charge in [0.1, 0.15) is 23.4 Å². The predicted molar refractivity (Wildman–Crippen MR) is 104 cm³/mol. The second-order valence-electron chi connectivity index (χ2n) is 7.01. The van der Waals surface area contributed by atoms with Gasteiger partial charge in [-0.05, 0) is 25.0 Å². The molecule has 0 fully saturated rings. The van der Waals surface area contributed by atoms with Crippen LogP contribution in [0.15, 0.2) is 18.5 Å². The first-order valence-corrected chi connectivity index (χ1v) is 9.09. The van der Waals surface area contributed by atoms with E-state index in [0.717, 1.165) is 0 Å². The number of nitrogens with two attached hydrogens (primary N) is 1. The number of hydrogen-bond donors (Lipinski definition) is 4. The predicted octanol–water partition coefficient (Wildman–Crippen LogP) is 2.10. The SMILES string of the molecule is CNc1cc(F)c2c3c1[nH]c1nc(Oc4cnc(C)nc4)nc(c13)[C@@H](O)[C@@H](N)C2. The zero-order valence-corrected chi connectivity index (χ0v) is 15.7. The Labute approximate surface area is 164 Å². The Kier molecular flexibility index (Phi) is 3.86. The molecule has 5 N–H and O–H groups in total. The lowest BCUT2D eigenvalue weighted by Crippen LogP contribution is -2.30. The van der Waals surface area contributed by atoms with Crippen molar-refractivity contribution < 1.29 is 14.2 Å². The van der Waals surface area contributed by atoms with Gasteiger partial charge in [0.05, 0.1) is 34.7 Å². The molecular weight excluding hydrogens is 377 g/mol. The van der Waals surface area contributed by atoms with Gasteiger partial charge >= 0.3 is 6.01 Å². The fourth-order valence-corrected chi connectivity index (χ4v) is 3.75. The number of aromatic amines is 1. The average Bonchev–Trinajstić information content (AvgIpc) is 3.04. The molecule has 1 aromatic carbocycles. The van der Waals surface area contributed by atoms with E-state index in [4.69, 9.17) is 10.5 Å². The van der Waals surface area contributed by atoms with E-state index >= 15 is 0 Å². The number of rotatable bonds is 3. The van der Waals surface area contributed by atoms with Gasteiger partial charge in [0.2, 0.25) is 0 Å². The van der Waals surface area contributed by atoms with Crippen molar-refractivity contribution >= 4 is 27.6 Å². The van der Waals surface area contributed by atoms with Crippen molar-refractivity contribution in [1.82, 2.24) is 24.9 Å². The topological polar surface area (TPSA) is 135 Å². The lowest BCUT2D eigenvalue weighted by molar-refractivity contribution is 0.143. The summed E-state index contributed by atoms with van der Waals surface area (Å²) in [6, 6.07) is 0.688. The summed E-state index contributed by atoms with van der Waals surface area (Å²) in [6.07, 6.45) is 2.07. The summed E-state index contributed by atoms with van der Waals surface area (Å²) in [6.45, 7) is 1.76. The van der Waals surface area contributed by atoms with Crippen molar-refractivity contribution in [2.75, 3.05) is 12.4 Å². The Bertz CT molecular complexity index is 1260. The van der Waals surface area contributed by atoms with Crippen molar-refractivity contribution in [3.8, 4) is 11.8 Å². The number of aryl methyl sites for hydroxylation is 1. The van der Waals surface area contributed by atoms with E-state index in [1.54, 1.807) is 14.0 Å². The molecule has 10 heteroatoms. The number of halogens is 1. The van der Waals surface area contributed by atoms with Crippen LogP contribution in [0.1, 0.15) is 23.2 Å². The van der Waals surface area contributed by atoms with Crippen LogP contribution in [0, 0.1) is 12.7 Å². The summed E-state index contributed by atoms with van der Waals surface area (Å²) >= 11 is 0. The monoisotopic (exact) mass is 395 g/mol. The molecule has 3 aromatic heterocycles. The van der Waals surface area contributed by atoms with Crippen LogP contribution >= 0.6 is 0 Å². The maximum Gasteiger partial charge on any atom is 0.324 e. The van der Waals surface area contributed by atoms with Gasteiger partial charge in [-0.25, -0.2) is 14.4 Å². The standard InChI is InChI=1S/C19H18FN7O2/c1-7-23-5-8(6-24-7)29-19-26-16-14-13-9(3-11(21)17(16)28)10(20)4-12(22-2)15(13)25-18(14)27-19/h4-6,11,17,22,28H,3,21H2,1-2H3,(H,25,26,27)/t11-,17-/m0/s1. The number of aromatic nitrogens is 5. The lowest BCUT2D eigenvalue weighted by Gasteiger charge is -2.17. The van der Waals surface area contributed by atoms with Gasteiger partial charge < -0.3 is 25.9 Å². The van der Waals surface area contributed by atoms with Crippen LogP contribution in [-0.4, -0.2) is 43.1 Å². The quantitative estimate of drug-likeness (QED) is 0.414. The number of anilines is 1. The molecule has 0 bridgehead atoms. The number of aliphatic hydroxyl groups is 1. The van der Waals surface area contributed by atoms with Gasteiger partial charge in [-0.1, -0.05) is 0 Å². The molecule has 148 valence electrons. The number of nitrogens with zero attached hydrogens (tertiary/aromatic N) is 4. The number of nitrogens with one attached hydrogen (secondary N) is 2. The van der Waals surface area contributed by atoms with E-state index in [0.29, 0.717) is 50.5 Å². The fourth-order valence-electron chi connectivity index (χ4n) is 3.75. The third-order valence-corrected chi connectivity index (χ3v) is 5.15. The van der Waals surface area contributed by atoms with E-state index in [1.165, 1.54) is 18.5 Å². The molecule has 9 nitrogen and oxygen atoms in total. The average molecular weight is 395 g/mol. The van der Waals surface area contributed by atoms with E-state index < -0.39 is 18.0 Å². The number of ether oxygens (including phenoxy) is 1. The Hall–Kier alpha value is -3.37. The molecular formula is C19H18FN7O2. The molecule has 1 aliphatic carbocycles. The first-order valence-electron chi connectivity index (χ1n) is 9.09. The number of benzene rings is 1. The van der Waals surface area contributed by atoms with Crippen molar-refractivity contribution in [3.05, 3.63) is 41.4 Å². The lowest BCUT2D eigenvalue weighted by atomic mass is 10.0. The number of aliphatic hydroxyl groups excluding tert-OH is 1. The molecule has 3 heterocycles. The minimum Gasteiger partial charge on any atom is -0.421 e. The van der Waals surface area contributed by atoms with Crippen molar-refractivity contribution in [3.63, 3.8) is 0 Å². The van der Waals surface area contributed by atoms with E-state index in [2.05, 4.69) is 30.2 Å². The summed E-state index contributed by atoms with van der Waals surface area (Å²) in [5.41, 5.74) is 8.55. The Morgan fingerprint density at radius 1 is 1.28 bits per heavy atom. The fraction of sp³-hybridized carbons (Fsp3) is 0.263. The minimum absolute atomic E-state index is 0.00712. The van der Waals surface area contributed by atoms with Crippen LogP contribution in [0.2, 0.25) is 0 Å². The maximum absolute atomic E-state index is 14.8. The molecule has 2 atom stereocenters. The van der Waals surface area contributed by atoms with E-state index in [-0.39, 0.29) is 12.4 Å². The Balaban J connectivity index is 1.78. The smallest absolute Gasteiger partial charge is 0.324 e. The zero-order valence-electron chi connectivity index (χ0n) is 15.7. The molecule has 0 saturated carbocycles. The first kappa shape index (κ1) is 17.7. The Morgan fingerprint density at radius 2 is 2.03 bits per heavy atom. The van der Waals surface area contributed by atoms with Crippen LogP contribution in [-0.2, 0) is 6.42 Å². The summed E-state index contributed by atoms with van der Waals surface area (Å²) in [4.78, 5) is 20.2. The summed E-state index contributed by atoms with van der Waals surface area (Å²) < 4.78 is 20.5. The third-order valence-electron chi connectivity index (χ3n) is 5.15. The number of H-pyrrole nitrogens is 1. The molecule has 5 rings (SSSR count).